The number of imidazole rings is 2. The number of halogens is 5. The van der Waals surface area contributed by atoms with Gasteiger partial charge in [0.15, 0.2) is 5.13 Å². The van der Waals surface area contributed by atoms with Crippen LogP contribution in [-0.4, -0.2) is 37.8 Å². The van der Waals surface area contributed by atoms with Gasteiger partial charge < -0.3 is 10.2 Å². The van der Waals surface area contributed by atoms with Crippen molar-refractivity contribution in [3.05, 3.63) is 91.5 Å². The molecule has 1 N–H and O–H groups in total. The molecule has 44 heavy (non-hydrogen) atoms. The van der Waals surface area contributed by atoms with Gasteiger partial charge in [-0.15, -0.1) is 0 Å². The van der Waals surface area contributed by atoms with E-state index in [0.717, 1.165) is 29.4 Å². The van der Waals surface area contributed by atoms with Gasteiger partial charge in [-0.3, -0.25) is 8.80 Å². The molecule has 8 nitrogen and oxygen atoms in total. The Kier molecular flexibility index (Phi) is 9.28. The van der Waals surface area contributed by atoms with Gasteiger partial charge in [0.25, 0.3) is 0 Å². The lowest BCUT2D eigenvalue weighted by molar-refractivity contribution is 0.619. The lowest BCUT2D eigenvalue weighted by atomic mass is 10.1. The number of thiazole rings is 1. The Morgan fingerprint density at radius 3 is 2.05 bits per heavy atom. The number of anilines is 3. The van der Waals surface area contributed by atoms with Gasteiger partial charge in [-0.05, 0) is 69.0 Å². The molecular formula is C30H25Br2F3N8S. The molecule has 6 aromatic rings. The number of benzene rings is 1. The molecule has 14 heteroatoms. The Bertz CT molecular complexity index is 2030. The number of aryl methyl sites for hydroxylation is 2. The number of pyridine rings is 2. The fraction of sp³-hybridized carbons (Fsp3) is 0.200. The Balaban J connectivity index is 0.000000215. The fourth-order valence-corrected chi connectivity index (χ4v) is 6.18. The Hall–Kier alpha value is -3.93. The van der Waals surface area contributed by atoms with Crippen LogP contribution >= 0.6 is 43.2 Å². The second kappa shape index (κ2) is 13.0. The molecule has 5 aromatic heterocycles. The maximum absolute atomic E-state index is 13.9. The average molecular weight is 746 g/mol. The SMILES string of the molecule is CCc1nc2cc(F)c(Br)cn2c1N(C)c1nc(-c2ccc(F)cc2)c(C#N)s1.CCc1nc2cc(F)c(Br)cn2c1NC. The molecule has 0 saturated heterocycles. The van der Waals surface area contributed by atoms with Crippen molar-refractivity contribution < 1.29 is 13.2 Å². The molecule has 0 aliphatic rings. The second-order valence-corrected chi connectivity index (χ2v) is 12.2. The lowest BCUT2D eigenvalue weighted by Gasteiger charge is -2.17. The molecule has 0 bridgehead atoms. The Morgan fingerprint density at radius 2 is 1.48 bits per heavy atom. The minimum absolute atomic E-state index is 0.294. The van der Waals surface area contributed by atoms with Crippen LogP contribution < -0.4 is 10.2 Å². The van der Waals surface area contributed by atoms with Gasteiger partial charge in [0.1, 0.15) is 57.0 Å². The standard InChI is InChI=1S/C20H14BrF2N5S.C10H11BrFN3/c1-3-15-19(28-10-13(21)14(23)8-17(28)25-15)27(2)20-26-18(16(9-24)29-20)11-4-6-12(22)7-5-11;1-3-8-10(13-2)15-5-6(11)7(12)4-9(15)14-8/h4-8,10H,3H2,1-2H3;4-5,13H,3H2,1-2H3. The number of fused-ring (bicyclic) bond motifs is 2. The molecule has 0 atom stereocenters. The molecule has 0 spiro atoms. The van der Waals surface area contributed by atoms with Crippen LogP contribution in [0, 0.1) is 28.8 Å². The van der Waals surface area contributed by atoms with E-state index in [9.17, 15) is 18.4 Å². The van der Waals surface area contributed by atoms with Crippen LogP contribution in [-0.2, 0) is 12.8 Å². The zero-order valence-electron chi connectivity index (χ0n) is 24.0. The van der Waals surface area contributed by atoms with Crippen LogP contribution in [0.3, 0.4) is 0 Å². The van der Waals surface area contributed by atoms with Crippen LogP contribution in [0.5, 0.6) is 0 Å². The monoisotopic (exact) mass is 744 g/mol. The molecule has 0 unspecified atom stereocenters. The smallest absolute Gasteiger partial charge is 0.192 e. The highest BCUT2D eigenvalue weighted by Gasteiger charge is 2.22. The number of nitriles is 1. The molecular weight excluding hydrogens is 721 g/mol. The predicted octanol–water partition coefficient (Wildman–Crippen LogP) is 8.54. The Labute approximate surface area is 272 Å². The normalized spacial score (nSPS) is 11.0. The zero-order valence-corrected chi connectivity index (χ0v) is 28.0. The summed E-state index contributed by atoms with van der Waals surface area (Å²) in [6.45, 7) is 3.99. The first-order valence-electron chi connectivity index (χ1n) is 13.4. The maximum Gasteiger partial charge on any atom is 0.192 e. The highest BCUT2D eigenvalue weighted by atomic mass is 79.9. The summed E-state index contributed by atoms with van der Waals surface area (Å²) in [4.78, 5) is 15.8. The fourth-order valence-electron chi connectivity index (χ4n) is 4.69. The van der Waals surface area contributed by atoms with Gasteiger partial charge in [-0.2, -0.15) is 5.26 Å². The van der Waals surface area contributed by atoms with Crippen molar-refractivity contribution >= 4 is 71.3 Å². The van der Waals surface area contributed by atoms with Crippen molar-refractivity contribution in [3.63, 3.8) is 0 Å². The summed E-state index contributed by atoms with van der Waals surface area (Å²) in [7, 11) is 3.66. The molecule has 0 radical (unpaired) electrons. The quantitative estimate of drug-likeness (QED) is 0.184. The van der Waals surface area contributed by atoms with Crippen LogP contribution in [0.1, 0.15) is 30.1 Å². The summed E-state index contributed by atoms with van der Waals surface area (Å²) < 4.78 is 44.9. The van der Waals surface area contributed by atoms with Gasteiger partial charge in [-0.1, -0.05) is 25.2 Å². The molecule has 0 fully saturated rings. The third-order valence-corrected chi connectivity index (χ3v) is 9.00. The summed E-state index contributed by atoms with van der Waals surface area (Å²) >= 11 is 7.61. The largest absolute Gasteiger partial charge is 0.373 e. The van der Waals surface area contributed by atoms with Gasteiger partial charge in [0.05, 0.1) is 20.3 Å². The number of nitrogens with zero attached hydrogens (tertiary/aromatic N) is 7. The highest BCUT2D eigenvalue weighted by molar-refractivity contribution is 9.10. The molecule has 0 aliphatic carbocycles. The van der Waals surface area contributed by atoms with Crippen molar-refractivity contribution in [2.45, 2.75) is 26.7 Å². The van der Waals surface area contributed by atoms with E-state index < -0.39 is 0 Å². The van der Waals surface area contributed by atoms with Gasteiger partial charge in [0.2, 0.25) is 0 Å². The van der Waals surface area contributed by atoms with Crippen LogP contribution in [0.25, 0.3) is 22.6 Å². The number of hydrogen-bond donors (Lipinski definition) is 1. The molecule has 0 amide bonds. The zero-order chi connectivity index (χ0) is 31.7. The van der Waals surface area contributed by atoms with E-state index in [2.05, 4.69) is 58.2 Å². The van der Waals surface area contributed by atoms with Gasteiger partial charge in [-0.25, -0.2) is 28.1 Å². The summed E-state index contributed by atoms with van der Waals surface area (Å²) in [6, 6.07) is 10.8. The van der Waals surface area contributed by atoms with Crippen LogP contribution in [0.2, 0.25) is 0 Å². The van der Waals surface area contributed by atoms with E-state index >= 15 is 0 Å². The lowest BCUT2D eigenvalue weighted by Crippen LogP contribution is -2.13. The minimum atomic E-state index is -0.390. The van der Waals surface area contributed by atoms with Crippen molar-refractivity contribution in [3.8, 4) is 17.3 Å². The van der Waals surface area contributed by atoms with Gasteiger partial charge >= 0.3 is 0 Å². The average Bonchev–Trinajstić information content (AvgIpc) is 3.71. The van der Waals surface area contributed by atoms with E-state index in [-0.39, 0.29) is 17.5 Å². The maximum atomic E-state index is 13.9. The minimum Gasteiger partial charge on any atom is -0.373 e. The van der Waals surface area contributed by atoms with E-state index in [1.807, 2.05) is 37.2 Å². The molecule has 1 aromatic carbocycles. The summed E-state index contributed by atoms with van der Waals surface area (Å²) in [5.74, 6) is 0.619. The second-order valence-electron chi connectivity index (χ2n) is 9.49. The third-order valence-electron chi connectivity index (χ3n) is 6.79. The van der Waals surface area contributed by atoms with Crippen LogP contribution in [0.4, 0.5) is 29.9 Å². The van der Waals surface area contributed by atoms with E-state index in [0.29, 0.717) is 47.9 Å². The van der Waals surface area contributed by atoms with E-state index in [4.69, 9.17) is 0 Å². The number of rotatable bonds is 6. The van der Waals surface area contributed by atoms with E-state index in [1.165, 1.54) is 35.6 Å². The number of hydrogen-bond acceptors (Lipinski definition) is 7. The van der Waals surface area contributed by atoms with Crippen molar-refractivity contribution in [1.29, 1.82) is 5.26 Å². The van der Waals surface area contributed by atoms with Crippen LogP contribution in [0.15, 0.2) is 57.7 Å². The molecule has 0 saturated carbocycles. The first kappa shape index (κ1) is 31.5. The first-order chi connectivity index (χ1) is 21.1. The first-order valence-corrected chi connectivity index (χ1v) is 15.8. The summed E-state index contributed by atoms with van der Waals surface area (Å²) in [5.41, 5.74) is 3.99. The molecule has 5 heterocycles. The van der Waals surface area contributed by atoms with Gasteiger partial charge in [0, 0.05) is 44.2 Å². The third kappa shape index (κ3) is 5.91. The number of aromatic nitrogens is 5. The summed E-state index contributed by atoms with van der Waals surface area (Å²) in [6.07, 6.45) is 4.77. The van der Waals surface area contributed by atoms with Crippen molar-refractivity contribution in [2.75, 3.05) is 24.3 Å². The number of nitrogens with one attached hydrogen (secondary N) is 1. The van der Waals surface area contributed by atoms with Crippen molar-refractivity contribution in [2.24, 2.45) is 0 Å². The molecule has 226 valence electrons. The highest BCUT2D eigenvalue weighted by Crippen LogP contribution is 2.37. The topological polar surface area (TPSA) is 86.5 Å². The predicted molar refractivity (Wildman–Crippen MR) is 174 cm³/mol. The van der Waals surface area contributed by atoms with Crippen molar-refractivity contribution in [1.82, 2.24) is 23.8 Å². The summed E-state index contributed by atoms with van der Waals surface area (Å²) in [5, 5.41) is 13.2. The van der Waals surface area contributed by atoms with E-state index in [1.54, 1.807) is 28.9 Å². The Morgan fingerprint density at radius 1 is 0.909 bits per heavy atom. The molecule has 0 aliphatic heterocycles. The molecule has 6 rings (SSSR count).